The van der Waals surface area contributed by atoms with Crippen molar-refractivity contribution < 1.29 is 24.2 Å². The Balaban J connectivity index is 1.91. The lowest BCUT2D eigenvalue weighted by molar-refractivity contribution is -0.137. The maximum atomic E-state index is 14.3. The monoisotopic (exact) mass is 437 g/mol. The van der Waals surface area contributed by atoms with Gasteiger partial charge in [-0.05, 0) is 18.2 Å². The van der Waals surface area contributed by atoms with Gasteiger partial charge in [-0.2, -0.15) is 9.78 Å². The zero-order chi connectivity index (χ0) is 21.1. The van der Waals surface area contributed by atoms with Gasteiger partial charge < -0.3 is 15.5 Å². The highest BCUT2D eigenvalue weighted by Crippen LogP contribution is 2.27. The quantitative estimate of drug-likeness (QED) is 0.541. The molecule has 0 spiro atoms. The van der Waals surface area contributed by atoms with Crippen molar-refractivity contribution >= 4 is 35.1 Å². The molecule has 1 aromatic heterocycles. The summed E-state index contributed by atoms with van der Waals surface area (Å²) < 4.78 is 15.4. The number of amides is 1. The number of nitrogens with one attached hydrogen (secondary N) is 1. The van der Waals surface area contributed by atoms with Crippen LogP contribution < -0.4 is 5.32 Å². The summed E-state index contributed by atoms with van der Waals surface area (Å²) in [5.41, 5.74) is 0.0527. The molecular formula is C19H14Cl2FN3O4. The van der Waals surface area contributed by atoms with Crippen molar-refractivity contribution in [1.29, 1.82) is 0 Å². The molecule has 1 heterocycles. The van der Waals surface area contributed by atoms with Crippen LogP contribution in [0.3, 0.4) is 0 Å². The number of hydrogen-bond acceptors (Lipinski definition) is 4. The van der Waals surface area contributed by atoms with E-state index in [4.69, 9.17) is 28.3 Å². The number of rotatable bonds is 6. The summed E-state index contributed by atoms with van der Waals surface area (Å²) in [5.74, 6) is -3.24. The summed E-state index contributed by atoms with van der Waals surface area (Å²) in [6, 6.07) is 10.5. The third-order valence-electron chi connectivity index (χ3n) is 4.04. The lowest BCUT2D eigenvalue weighted by atomic mass is 10.0. The Bertz CT molecular complexity index is 1090. The van der Waals surface area contributed by atoms with Crippen molar-refractivity contribution in [3.05, 3.63) is 75.7 Å². The van der Waals surface area contributed by atoms with Crippen LogP contribution in [0, 0.1) is 5.82 Å². The van der Waals surface area contributed by atoms with Crippen molar-refractivity contribution in [3.63, 3.8) is 0 Å². The molecule has 0 radical (unpaired) electrons. The molecule has 1 atom stereocenters. The number of benzene rings is 2. The maximum Gasteiger partial charge on any atom is 0.305 e. The molecule has 3 rings (SSSR count). The highest BCUT2D eigenvalue weighted by molar-refractivity contribution is 6.32. The SMILES string of the molecule is O=C(O)CC(NC(=O)c1cc(O)n(-c2ccccc2Cl)n1)c1cccc(Cl)c1F. The van der Waals surface area contributed by atoms with E-state index in [1.54, 1.807) is 24.3 Å². The second kappa shape index (κ2) is 8.50. The molecule has 0 fully saturated rings. The van der Waals surface area contributed by atoms with E-state index in [0.717, 1.165) is 10.7 Å². The number of para-hydroxylation sites is 1. The van der Waals surface area contributed by atoms with Crippen LogP contribution in [-0.2, 0) is 4.79 Å². The van der Waals surface area contributed by atoms with Gasteiger partial charge in [0.25, 0.3) is 5.91 Å². The van der Waals surface area contributed by atoms with Crippen LogP contribution >= 0.6 is 23.2 Å². The van der Waals surface area contributed by atoms with E-state index in [1.807, 2.05) is 0 Å². The summed E-state index contributed by atoms with van der Waals surface area (Å²) in [4.78, 5) is 23.8. The molecule has 1 unspecified atom stereocenters. The van der Waals surface area contributed by atoms with E-state index in [0.29, 0.717) is 10.7 Å². The number of halogens is 3. The molecule has 0 saturated heterocycles. The fraction of sp³-hybridized carbons (Fsp3) is 0.105. The van der Waals surface area contributed by atoms with E-state index >= 15 is 0 Å². The summed E-state index contributed by atoms with van der Waals surface area (Å²) >= 11 is 11.8. The van der Waals surface area contributed by atoms with E-state index in [2.05, 4.69) is 10.4 Å². The number of carbonyl (C=O) groups is 2. The summed E-state index contributed by atoms with van der Waals surface area (Å²) in [6.07, 6.45) is -0.583. The minimum absolute atomic E-state index is 0.0805. The third kappa shape index (κ3) is 4.49. The first kappa shape index (κ1) is 20.6. The molecule has 2 aromatic carbocycles. The molecule has 0 aliphatic heterocycles. The molecule has 0 aliphatic rings. The Morgan fingerprint density at radius 2 is 1.83 bits per heavy atom. The Labute approximate surface area is 174 Å². The minimum Gasteiger partial charge on any atom is -0.493 e. The Kier molecular flexibility index (Phi) is 6.05. The van der Waals surface area contributed by atoms with Crippen LogP contribution in [0.1, 0.15) is 28.5 Å². The van der Waals surface area contributed by atoms with Crippen LogP contribution in [0.5, 0.6) is 5.88 Å². The third-order valence-corrected chi connectivity index (χ3v) is 4.66. The first-order valence-electron chi connectivity index (χ1n) is 8.28. The van der Waals surface area contributed by atoms with Crippen molar-refractivity contribution in [3.8, 4) is 11.6 Å². The van der Waals surface area contributed by atoms with Crippen LogP contribution in [0.4, 0.5) is 4.39 Å². The number of hydrogen-bond donors (Lipinski definition) is 3. The van der Waals surface area contributed by atoms with E-state index in [-0.39, 0.29) is 22.2 Å². The van der Waals surface area contributed by atoms with Crippen molar-refractivity contribution in [2.75, 3.05) is 0 Å². The van der Waals surface area contributed by atoms with Gasteiger partial charge in [0.05, 0.1) is 28.2 Å². The van der Waals surface area contributed by atoms with Crippen LogP contribution in [0.15, 0.2) is 48.5 Å². The van der Waals surface area contributed by atoms with Gasteiger partial charge in [0, 0.05) is 11.6 Å². The second-order valence-electron chi connectivity index (χ2n) is 6.02. The molecule has 29 heavy (non-hydrogen) atoms. The maximum absolute atomic E-state index is 14.3. The first-order valence-corrected chi connectivity index (χ1v) is 9.04. The molecule has 10 heteroatoms. The molecule has 3 aromatic rings. The fourth-order valence-electron chi connectivity index (χ4n) is 2.72. The highest BCUT2D eigenvalue weighted by Gasteiger charge is 2.25. The van der Waals surface area contributed by atoms with Crippen LogP contribution in [-0.4, -0.2) is 31.9 Å². The minimum atomic E-state index is -1.25. The molecule has 3 N–H and O–H groups in total. The van der Waals surface area contributed by atoms with Gasteiger partial charge in [0.2, 0.25) is 5.88 Å². The molecule has 0 aliphatic carbocycles. The predicted molar refractivity (Wildman–Crippen MR) is 104 cm³/mol. The zero-order valence-electron chi connectivity index (χ0n) is 14.6. The predicted octanol–water partition coefficient (Wildman–Crippen LogP) is 3.97. The average molecular weight is 438 g/mol. The number of nitrogens with zero attached hydrogens (tertiary/aromatic N) is 2. The topological polar surface area (TPSA) is 104 Å². The fourth-order valence-corrected chi connectivity index (χ4v) is 3.12. The summed E-state index contributed by atoms with van der Waals surface area (Å²) in [7, 11) is 0. The number of carboxylic acid groups (broad SMARTS) is 1. The normalized spacial score (nSPS) is 11.8. The van der Waals surface area contributed by atoms with Gasteiger partial charge in [0.1, 0.15) is 5.82 Å². The van der Waals surface area contributed by atoms with Gasteiger partial charge in [0.15, 0.2) is 5.69 Å². The largest absolute Gasteiger partial charge is 0.493 e. The van der Waals surface area contributed by atoms with Crippen molar-refractivity contribution in [2.45, 2.75) is 12.5 Å². The van der Waals surface area contributed by atoms with E-state index < -0.39 is 30.2 Å². The molecule has 0 bridgehead atoms. The second-order valence-corrected chi connectivity index (χ2v) is 6.83. The van der Waals surface area contributed by atoms with Gasteiger partial charge in [-0.3, -0.25) is 9.59 Å². The Morgan fingerprint density at radius 1 is 1.14 bits per heavy atom. The average Bonchev–Trinajstić information content (AvgIpc) is 3.05. The van der Waals surface area contributed by atoms with E-state index in [9.17, 15) is 19.1 Å². The van der Waals surface area contributed by atoms with Crippen molar-refractivity contribution in [1.82, 2.24) is 15.1 Å². The van der Waals surface area contributed by atoms with Crippen molar-refractivity contribution in [2.24, 2.45) is 0 Å². The Hall–Kier alpha value is -3.10. The van der Waals surface area contributed by atoms with Crippen LogP contribution in [0.2, 0.25) is 10.0 Å². The van der Waals surface area contributed by atoms with Gasteiger partial charge >= 0.3 is 5.97 Å². The molecule has 7 nitrogen and oxygen atoms in total. The summed E-state index contributed by atoms with van der Waals surface area (Å²) in [5, 5.41) is 25.8. The van der Waals surface area contributed by atoms with Gasteiger partial charge in [-0.15, -0.1) is 0 Å². The Morgan fingerprint density at radius 3 is 2.52 bits per heavy atom. The van der Waals surface area contributed by atoms with Gasteiger partial charge in [-0.1, -0.05) is 47.5 Å². The molecule has 1 amide bonds. The lowest BCUT2D eigenvalue weighted by Gasteiger charge is -2.18. The molecular weight excluding hydrogens is 424 g/mol. The molecule has 150 valence electrons. The summed E-state index contributed by atoms with van der Waals surface area (Å²) in [6.45, 7) is 0. The number of aliphatic carboxylic acids is 1. The zero-order valence-corrected chi connectivity index (χ0v) is 16.2. The lowest BCUT2D eigenvalue weighted by Crippen LogP contribution is -2.31. The molecule has 0 saturated carbocycles. The number of aromatic hydroxyl groups is 1. The van der Waals surface area contributed by atoms with Gasteiger partial charge in [-0.25, -0.2) is 4.39 Å². The number of carboxylic acids is 1. The van der Waals surface area contributed by atoms with Crippen LogP contribution in [0.25, 0.3) is 5.69 Å². The first-order chi connectivity index (χ1) is 13.8. The number of aromatic nitrogens is 2. The number of carbonyl (C=O) groups excluding carboxylic acids is 1. The standard InChI is InChI=1S/C19H14Cl2FN3O4/c20-11-5-1-2-7-15(11)25-16(26)8-14(24-25)19(29)23-13(9-17(27)28)10-4-3-6-12(21)18(10)22/h1-8,13,26H,9H2,(H,23,29)(H,27,28). The highest BCUT2D eigenvalue weighted by atomic mass is 35.5. The van der Waals surface area contributed by atoms with E-state index in [1.165, 1.54) is 18.2 Å². The smallest absolute Gasteiger partial charge is 0.305 e.